The van der Waals surface area contributed by atoms with Gasteiger partial charge in [0.05, 0.1) is 16.8 Å². The van der Waals surface area contributed by atoms with Crippen LogP contribution in [0.15, 0.2) is 42.5 Å². The number of carbonyl (C=O) groups is 1. The largest absolute Gasteiger partial charge is 0.319 e. The van der Waals surface area contributed by atoms with Gasteiger partial charge in [0, 0.05) is 17.1 Å². The molecule has 0 bridgehead atoms. The molecule has 0 fully saturated rings. The van der Waals surface area contributed by atoms with Crippen LogP contribution in [-0.2, 0) is 0 Å². The number of amides is 1. The Morgan fingerprint density at radius 1 is 1.04 bits per heavy atom. The third-order valence-corrected chi connectivity index (χ3v) is 3.52. The lowest BCUT2D eigenvalue weighted by molar-refractivity contribution is 0.102. The predicted octanol–water partition coefficient (Wildman–Crippen LogP) is 4.38. The number of pyridine rings is 1. The van der Waals surface area contributed by atoms with Crippen molar-refractivity contribution in [2.75, 3.05) is 5.32 Å². The Balaban J connectivity index is 2.05. The summed E-state index contributed by atoms with van der Waals surface area (Å²) in [5.74, 6) is -1.97. The van der Waals surface area contributed by atoms with E-state index >= 15 is 0 Å². The number of halogens is 2. The van der Waals surface area contributed by atoms with Gasteiger partial charge in [-0.2, -0.15) is 0 Å². The zero-order chi connectivity index (χ0) is 16.6. The summed E-state index contributed by atoms with van der Waals surface area (Å²) in [5, 5.41) is 3.17. The van der Waals surface area contributed by atoms with Crippen LogP contribution >= 0.6 is 0 Å². The number of rotatable bonds is 2. The quantitative estimate of drug-likeness (QED) is 0.763. The normalized spacial score (nSPS) is 10.8. The molecule has 0 spiro atoms. The predicted molar refractivity (Wildman–Crippen MR) is 85.5 cm³/mol. The van der Waals surface area contributed by atoms with Crippen LogP contribution in [-0.4, -0.2) is 10.9 Å². The number of aryl methyl sites for hydroxylation is 2. The van der Waals surface area contributed by atoms with Crippen LogP contribution in [0.1, 0.15) is 21.6 Å². The Morgan fingerprint density at radius 3 is 2.57 bits per heavy atom. The van der Waals surface area contributed by atoms with E-state index in [0.717, 1.165) is 17.7 Å². The van der Waals surface area contributed by atoms with Gasteiger partial charge in [-0.1, -0.05) is 11.6 Å². The molecule has 0 atom stereocenters. The minimum Gasteiger partial charge on any atom is -0.319 e. The van der Waals surface area contributed by atoms with Crippen molar-refractivity contribution in [1.82, 2.24) is 4.98 Å². The van der Waals surface area contributed by atoms with Crippen molar-refractivity contribution in [3.63, 3.8) is 0 Å². The van der Waals surface area contributed by atoms with E-state index in [4.69, 9.17) is 0 Å². The number of hydrogen-bond acceptors (Lipinski definition) is 2. The van der Waals surface area contributed by atoms with Gasteiger partial charge in [0.1, 0.15) is 11.6 Å². The van der Waals surface area contributed by atoms with E-state index in [0.29, 0.717) is 22.2 Å². The third kappa shape index (κ3) is 3.04. The van der Waals surface area contributed by atoms with E-state index in [2.05, 4.69) is 10.3 Å². The summed E-state index contributed by atoms with van der Waals surface area (Å²) in [5.41, 5.74) is 2.71. The highest BCUT2D eigenvalue weighted by molar-refractivity contribution is 6.12. The van der Waals surface area contributed by atoms with Crippen LogP contribution in [0.2, 0.25) is 0 Å². The summed E-state index contributed by atoms with van der Waals surface area (Å²) in [6, 6.07) is 10.3. The smallest absolute Gasteiger partial charge is 0.256 e. The Kier molecular flexibility index (Phi) is 3.78. The second-order valence-electron chi connectivity index (χ2n) is 5.41. The van der Waals surface area contributed by atoms with Gasteiger partial charge in [-0.15, -0.1) is 0 Å². The van der Waals surface area contributed by atoms with E-state index in [1.165, 1.54) is 6.07 Å². The van der Waals surface area contributed by atoms with Crippen molar-refractivity contribution < 1.29 is 13.6 Å². The number of anilines is 1. The van der Waals surface area contributed by atoms with Crippen molar-refractivity contribution in [1.29, 1.82) is 0 Å². The van der Waals surface area contributed by atoms with Gasteiger partial charge in [-0.3, -0.25) is 9.78 Å². The van der Waals surface area contributed by atoms with Crippen molar-refractivity contribution >= 4 is 22.5 Å². The van der Waals surface area contributed by atoms with Gasteiger partial charge in [0.25, 0.3) is 5.91 Å². The van der Waals surface area contributed by atoms with Crippen LogP contribution in [0.25, 0.3) is 10.9 Å². The lowest BCUT2D eigenvalue weighted by Gasteiger charge is -2.10. The Labute approximate surface area is 132 Å². The molecule has 3 nitrogen and oxygen atoms in total. The van der Waals surface area contributed by atoms with Gasteiger partial charge in [0.2, 0.25) is 0 Å². The highest BCUT2D eigenvalue weighted by Crippen LogP contribution is 2.22. The first-order valence-corrected chi connectivity index (χ1v) is 7.08. The molecule has 0 aliphatic rings. The zero-order valence-electron chi connectivity index (χ0n) is 12.7. The number of nitrogens with one attached hydrogen (secondary N) is 1. The molecule has 3 aromatic rings. The molecule has 1 heterocycles. The standard InChI is InChI=1S/C18H14F2N2O/c1-10-3-5-16-13(7-10)14(8-11(2)21-16)18(23)22-17-6-4-12(19)9-15(17)20/h3-9H,1-2H3,(H,22,23). The number of benzene rings is 2. The fraction of sp³-hybridized carbons (Fsp3) is 0.111. The Hall–Kier alpha value is -2.82. The van der Waals surface area contributed by atoms with E-state index in [9.17, 15) is 13.6 Å². The summed E-state index contributed by atoms with van der Waals surface area (Å²) >= 11 is 0. The molecule has 3 rings (SSSR count). The second kappa shape index (κ2) is 5.76. The van der Waals surface area contributed by atoms with Crippen molar-refractivity contribution in [3.8, 4) is 0 Å². The number of carbonyl (C=O) groups excluding carboxylic acids is 1. The Morgan fingerprint density at radius 2 is 1.83 bits per heavy atom. The topological polar surface area (TPSA) is 42.0 Å². The fourth-order valence-electron chi connectivity index (χ4n) is 2.44. The molecule has 0 unspecified atom stereocenters. The first-order valence-electron chi connectivity index (χ1n) is 7.08. The van der Waals surface area contributed by atoms with E-state index in [1.54, 1.807) is 13.0 Å². The minimum atomic E-state index is -0.815. The Bertz CT molecular complexity index is 922. The van der Waals surface area contributed by atoms with Gasteiger partial charge in [0.15, 0.2) is 0 Å². The van der Waals surface area contributed by atoms with Crippen molar-refractivity contribution in [3.05, 3.63) is 70.9 Å². The van der Waals surface area contributed by atoms with Crippen LogP contribution in [0.3, 0.4) is 0 Å². The minimum absolute atomic E-state index is 0.0633. The summed E-state index contributed by atoms with van der Waals surface area (Å²) in [6.45, 7) is 3.70. The molecular weight excluding hydrogens is 298 g/mol. The summed E-state index contributed by atoms with van der Waals surface area (Å²) in [6.07, 6.45) is 0. The average Bonchev–Trinajstić information content (AvgIpc) is 2.49. The van der Waals surface area contributed by atoms with Crippen LogP contribution < -0.4 is 5.32 Å². The molecule has 116 valence electrons. The molecule has 0 saturated carbocycles. The van der Waals surface area contributed by atoms with E-state index in [-0.39, 0.29) is 5.69 Å². The number of aromatic nitrogens is 1. The molecule has 5 heteroatoms. The maximum atomic E-state index is 13.7. The van der Waals surface area contributed by atoms with Crippen molar-refractivity contribution in [2.45, 2.75) is 13.8 Å². The van der Waals surface area contributed by atoms with Gasteiger partial charge in [-0.25, -0.2) is 8.78 Å². The van der Waals surface area contributed by atoms with Crippen LogP contribution in [0, 0.1) is 25.5 Å². The van der Waals surface area contributed by atoms with Crippen LogP contribution in [0.4, 0.5) is 14.5 Å². The molecule has 23 heavy (non-hydrogen) atoms. The summed E-state index contributed by atoms with van der Waals surface area (Å²) in [4.78, 5) is 16.9. The molecule has 1 aromatic heterocycles. The number of hydrogen-bond donors (Lipinski definition) is 1. The highest BCUT2D eigenvalue weighted by atomic mass is 19.1. The lowest BCUT2D eigenvalue weighted by Crippen LogP contribution is -2.14. The fourth-order valence-corrected chi connectivity index (χ4v) is 2.44. The number of nitrogens with zero attached hydrogens (tertiary/aromatic N) is 1. The maximum absolute atomic E-state index is 13.7. The summed E-state index contributed by atoms with van der Waals surface area (Å²) in [7, 11) is 0. The van der Waals surface area contributed by atoms with E-state index < -0.39 is 17.5 Å². The molecule has 2 aromatic carbocycles. The van der Waals surface area contributed by atoms with Crippen LogP contribution in [0.5, 0.6) is 0 Å². The molecule has 0 saturated heterocycles. The first-order chi connectivity index (χ1) is 10.9. The second-order valence-corrected chi connectivity index (χ2v) is 5.41. The molecule has 1 N–H and O–H groups in total. The zero-order valence-corrected chi connectivity index (χ0v) is 12.7. The molecule has 1 amide bonds. The molecule has 0 aliphatic carbocycles. The van der Waals surface area contributed by atoms with Gasteiger partial charge in [-0.05, 0) is 44.2 Å². The SMILES string of the molecule is Cc1ccc2nc(C)cc(C(=O)Nc3ccc(F)cc3F)c2c1. The molecule has 0 radical (unpaired) electrons. The third-order valence-electron chi connectivity index (χ3n) is 3.52. The lowest BCUT2D eigenvalue weighted by atomic mass is 10.0. The average molecular weight is 312 g/mol. The first kappa shape index (κ1) is 15.1. The monoisotopic (exact) mass is 312 g/mol. The van der Waals surface area contributed by atoms with Gasteiger partial charge >= 0.3 is 0 Å². The maximum Gasteiger partial charge on any atom is 0.256 e. The van der Waals surface area contributed by atoms with Gasteiger partial charge < -0.3 is 5.32 Å². The number of fused-ring (bicyclic) bond motifs is 1. The van der Waals surface area contributed by atoms with Crippen molar-refractivity contribution in [2.24, 2.45) is 0 Å². The molecular formula is C18H14F2N2O. The molecule has 0 aliphatic heterocycles. The highest BCUT2D eigenvalue weighted by Gasteiger charge is 2.14. The van der Waals surface area contributed by atoms with E-state index in [1.807, 2.05) is 25.1 Å². The summed E-state index contributed by atoms with van der Waals surface area (Å²) < 4.78 is 26.7.